The van der Waals surface area contributed by atoms with E-state index in [9.17, 15) is 0 Å². The van der Waals surface area contributed by atoms with Gasteiger partial charge in [-0.1, -0.05) is 12.2 Å². The SMILES string of the molecule is Cc1nn(C)c(N2CCCC2C)c1C(N)=S. The highest BCUT2D eigenvalue weighted by atomic mass is 32.1. The second kappa shape index (κ2) is 4.05. The number of thiocarbonyl (C=S) groups is 1. The lowest BCUT2D eigenvalue weighted by molar-refractivity contribution is 0.678. The van der Waals surface area contributed by atoms with Gasteiger partial charge in [-0.25, -0.2) is 0 Å². The van der Waals surface area contributed by atoms with Crippen LogP contribution in [0.25, 0.3) is 0 Å². The van der Waals surface area contributed by atoms with E-state index in [0.717, 1.165) is 23.6 Å². The molecule has 0 bridgehead atoms. The van der Waals surface area contributed by atoms with Crippen molar-refractivity contribution in [3.8, 4) is 0 Å². The average Bonchev–Trinajstić information content (AvgIpc) is 2.69. The average molecular weight is 238 g/mol. The minimum Gasteiger partial charge on any atom is -0.389 e. The van der Waals surface area contributed by atoms with E-state index >= 15 is 0 Å². The summed E-state index contributed by atoms with van der Waals surface area (Å²) < 4.78 is 1.89. The van der Waals surface area contributed by atoms with E-state index in [-0.39, 0.29) is 0 Å². The van der Waals surface area contributed by atoms with Crippen LogP contribution >= 0.6 is 12.2 Å². The highest BCUT2D eigenvalue weighted by molar-refractivity contribution is 7.80. The zero-order chi connectivity index (χ0) is 11.9. The van der Waals surface area contributed by atoms with Crippen LogP contribution in [-0.2, 0) is 7.05 Å². The Balaban J connectivity index is 2.50. The van der Waals surface area contributed by atoms with E-state index < -0.39 is 0 Å². The standard InChI is InChI=1S/C11H18N4S/c1-7-5-4-6-15(7)11-9(10(12)16)8(2)13-14(11)3/h7H,4-6H2,1-3H3,(H2,12,16). The first-order valence-corrected chi connectivity index (χ1v) is 6.03. The normalized spacial score (nSPS) is 20.4. The summed E-state index contributed by atoms with van der Waals surface area (Å²) in [6, 6.07) is 0.544. The van der Waals surface area contributed by atoms with Crippen LogP contribution in [0.3, 0.4) is 0 Å². The first-order chi connectivity index (χ1) is 7.52. The summed E-state index contributed by atoms with van der Waals surface area (Å²) in [5.41, 5.74) is 7.65. The third-order valence-electron chi connectivity index (χ3n) is 3.26. The molecule has 4 nitrogen and oxygen atoms in total. The zero-order valence-electron chi connectivity index (χ0n) is 10.0. The molecule has 5 heteroatoms. The van der Waals surface area contributed by atoms with Crippen molar-refractivity contribution < 1.29 is 0 Å². The topological polar surface area (TPSA) is 47.1 Å². The molecule has 1 fully saturated rings. The summed E-state index contributed by atoms with van der Waals surface area (Å²) in [6.07, 6.45) is 2.45. The fraction of sp³-hybridized carbons (Fsp3) is 0.636. The molecule has 0 radical (unpaired) electrons. The predicted molar refractivity (Wildman–Crippen MR) is 69.9 cm³/mol. The minimum absolute atomic E-state index is 0.444. The number of nitrogens with two attached hydrogens (primary N) is 1. The number of aryl methyl sites for hydroxylation is 2. The first kappa shape index (κ1) is 11.4. The zero-order valence-corrected chi connectivity index (χ0v) is 10.8. The molecular formula is C11H18N4S. The molecule has 1 aromatic rings. The quantitative estimate of drug-likeness (QED) is 0.790. The van der Waals surface area contributed by atoms with Gasteiger partial charge in [-0.15, -0.1) is 0 Å². The number of nitrogens with zero attached hydrogens (tertiary/aromatic N) is 3. The second-order valence-corrected chi connectivity index (χ2v) is 4.90. The van der Waals surface area contributed by atoms with Crippen molar-refractivity contribution in [2.24, 2.45) is 12.8 Å². The van der Waals surface area contributed by atoms with E-state index in [1.807, 2.05) is 18.7 Å². The molecule has 2 rings (SSSR count). The molecule has 1 saturated heterocycles. The maximum absolute atomic E-state index is 5.79. The summed E-state index contributed by atoms with van der Waals surface area (Å²) in [4.78, 5) is 2.80. The van der Waals surface area contributed by atoms with Crippen LogP contribution in [0.5, 0.6) is 0 Å². The number of anilines is 1. The summed E-state index contributed by atoms with van der Waals surface area (Å²) >= 11 is 5.12. The number of hydrogen-bond donors (Lipinski definition) is 1. The van der Waals surface area contributed by atoms with Crippen molar-refractivity contribution >= 4 is 23.0 Å². The van der Waals surface area contributed by atoms with Crippen molar-refractivity contribution in [1.82, 2.24) is 9.78 Å². The molecule has 1 atom stereocenters. The van der Waals surface area contributed by atoms with Gasteiger partial charge in [0, 0.05) is 19.6 Å². The largest absolute Gasteiger partial charge is 0.389 e. The van der Waals surface area contributed by atoms with Gasteiger partial charge in [0.25, 0.3) is 0 Å². The molecule has 16 heavy (non-hydrogen) atoms. The molecular weight excluding hydrogens is 220 g/mol. The molecule has 2 heterocycles. The van der Waals surface area contributed by atoms with E-state index in [1.54, 1.807) is 0 Å². The fourth-order valence-corrected chi connectivity index (χ4v) is 2.75. The molecule has 0 spiro atoms. The van der Waals surface area contributed by atoms with Crippen molar-refractivity contribution in [1.29, 1.82) is 0 Å². The Kier molecular flexibility index (Phi) is 2.88. The molecule has 0 aliphatic carbocycles. The van der Waals surface area contributed by atoms with Crippen LogP contribution in [0.15, 0.2) is 0 Å². The predicted octanol–water partition coefficient (Wildman–Crippen LogP) is 1.35. The maximum Gasteiger partial charge on any atom is 0.137 e. The summed E-state index contributed by atoms with van der Waals surface area (Å²) in [7, 11) is 1.95. The van der Waals surface area contributed by atoms with Gasteiger partial charge >= 0.3 is 0 Å². The fourth-order valence-electron chi connectivity index (χ4n) is 2.51. The first-order valence-electron chi connectivity index (χ1n) is 5.62. The molecule has 0 amide bonds. The van der Waals surface area contributed by atoms with Crippen LogP contribution in [-0.4, -0.2) is 27.4 Å². The van der Waals surface area contributed by atoms with Crippen molar-refractivity contribution in [3.63, 3.8) is 0 Å². The number of rotatable bonds is 2. The van der Waals surface area contributed by atoms with Crippen LogP contribution in [0.2, 0.25) is 0 Å². The van der Waals surface area contributed by atoms with E-state index in [4.69, 9.17) is 18.0 Å². The van der Waals surface area contributed by atoms with Gasteiger partial charge < -0.3 is 10.6 Å². The number of hydrogen-bond acceptors (Lipinski definition) is 3. The van der Waals surface area contributed by atoms with Gasteiger partial charge in [0.15, 0.2) is 0 Å². The lowest BCUT2D eigenvalue weighted by Crippen LogP contribution is -2.30. The smallest absolute Gasteiger partial charge is 0.137 e. The van der Waals surface area contributed by atoms with Crippen molar-refractivity contribution in [2.75, 3.05) is 11.4 Å². The Morgan fingerprint density at radius 3 is 2.75 bits per heavy atom. The monoisotopic (exact) mass is 238 g/mol. The Morgan fingerprint density at radius 2 is 2.25 bits per heavy atom. The van der Waals surface area contributed by atoms with Crippen molar-refractivity contribution in [2.45, 2.75) is 32.7 Å². The third-order valence-corrected chi connectivity index (χ3v) is 3.47. The Labute approximate surface area is 101 Å². The molecule has 1 aromatic heterocycles. The number of aromatic nitrogens is 2. The highest BCUT2D eigenvalue weighted by Crippen LogP contribution is 2.29. The van der Waals surface area contributed by atoms with E-state index in [0.29, 0.717) is 11.0 Å². The summed E-state index contributed by atoms with van der Waals surface area (Å²) in [5.74, 6) is 1.08. The second-order valence-electron chi connectivity index (χ2n) is 4.46. The Bertz CT molecular complexity index is 424. The van der Waals surface area contributed by atoms with E-state index in [1.165, 1.54) is 12.8 Å². The van der Waals surface area contributed by atoms with Crippen LogP contribution in [0.4, 0.5) is 5.82 Å². The Morgan fingerprint density at radius 1 is 1.56 bits per heavy atom. The van der Waals surface area contributed by atoms with Crippen LogP contribution in [0, 0.1) is 6.92 Å². The van der Waals surface area contributed by atoms with Crippen molar-refractivity contribution in [3.05, 3.63) is 11.3 Å². The maximum atomic E-state index is 5.79. The molecule has 2 N–H and O–H groups in total. The van der Waals surface area contributed by atoms with Crippen LogP contribution in [0.1, 0.15) is 31.0 Å². The lowest BCUT2D eigenvalue weighted by Gasteiger charge is -2.24. The minimum atomic E-state index is 0.444. The van der Waals surface area contributed by atoms with Gasteiger partial charge in [-0.2, -0.15) is 5.10 Å². The van der Waals surface area contributed by atoms with Gasteiger partial charge in [-0.05, 0) is 26.7 Å². The highest BCUT2D eigenvalue weighted by Gasteiger charge is 2.27. The molecule has 1 aliphatic heterocycles. The molecule has 1 aliphatic rings. The summed E-state index contributed by atoms with van der Waals surface area (Å²) in [6.45, 7) is 5.26. The van der Waals surface area contributed by atoms with Gasteiger partial charge in [0.05, 0.1) is 11.3 Å². The molecule has 88 valence electrons. The molecule has 1 unspecified atom stereocenters. The third kappa shape index (κ3) is 1.69. The molecule has 0 aromatic carbocycles. The van der Waals surface area contributed by atoms with Gasteiger partial charge in [-0.3, -0.25) is 4.68 Å². The Hall–Kier alpha value is -1.10. The summed E-state index contributed by atoms with van der Waals surface area (Å²) in [5, 5.41) is 4.42. The van der Waals surface area contributed by atoms with Gasteiger partial charge in [0.2, 0.25) is 0 Å². The molecule has 0 saturated carbocycles. The van der Waals surface area contributed by atoms with E-state index in [2.05, 4.69) is 16.9 Å². The van der Waals surface area contributed by atoms with Crippen LogP contribution < -0.4 is 10.6 Å². The lowest BCUT2D eigenvalue weighted by atomic mass is 10.2. The van der Waals surface area contributed by atoms with Gasteiger partial charge in [0.1, 0.15) is 10.8 Å².